The molecular formula is C13H22N4O3. The van der Waals surface area contributed by atoms with E-state index in [1.54, 1.807) is 7.05 Å². The largest absolute Gasteiger partial charge is 0.350 e. The molecule has 0 saturated carbocycles. The minimum absolute atomic E-state index is 0.00158. The molecule has 2 heterocycles. The molecule has 0 amide bonds. The van der Waals surface area contributed by atoms with Gasteiger partial charge in [0.2, 0.25) is 5.82 Å². The Labute approximate surface area is 118 Å². The zero-order chi connectivity index (χ0) is 15.3. The van der Waals surface area contributed by atoms with E-state index in [-0.39, 0.29) is 17.4 Å². The number of hydrogen-bond acceptors (Lipinski definition) is 5. The lowest BCUT2D eigenvalue weighted by Crippen LogP contribution is -2.41. The van der Waals surface area contributed by atoms with Crippen LogP contribution in [0.4, 0.5) is 11.5 Å². The number of aryl methyl sites for hydroxylation is 1. The molecule has 1 fully saturated rings. The third-order valence-corrected chi connectivity index (χ3v) is 3.40. The van der Waals surface area contributed by atoms with Crippen LogP contribution in [-0.2, 0) is 11.8 Å². The first-order valence-corrected chi connectivity index (χ1v) is 6.98. The summed E-state index contributed by atoms with van der Waals surface area (Å²) in [7, 11) is 1.68. The van der Waals surface area contributed by atoms with E-state index in [0.717, 1.165) is 6.42 Å². The highest BCUT2D eigenvalue weighted by Gasteiger charge is 2.31. The van der Waals surface area contributed by atoms with Gasteiger partial charge in [-0.15, -0.1) is 0 Å². The van der Waals surface area contributed by atoms with Crippen LogP contribution in [0.3, 0.4) is 0 Å². The molecule has 0 spiro atoms. The first kappa shape index (κ1) is 16.1. The molecule has 7 heteroatoms. The average Bonchev–Trinajstić information content (AvgIpc) is 2.84. The van der Waals surface area contributed by atoms with Gasteiger partial charge in [0.05, 0.1) is 4.92 Å². The van der Waals surface area contributed by atoms with Gasteiger partial charge in [0.15, 0.2) is 0 Å². The van der Waals surface area contributed by atoms with E-state index in [9.17, 15) is 14.9 Å². The number of nitro groups is 1. The van der Waals surface area contributed by atoms with Gasteiger partial charge in [0, 0.05) is 32.5 Å². The van der Waals surface area contributed by atoms with Crippen molar-refractivity contribution in [1.82, 2.24) is 9.78 Å². The quantitative estimate of drug-likeness (QED) is 0.626. The molecule has 1 aliphatic rings. The summed E-state index contributed by atoms with van der Waals surface area (Å²) in [4.78, 5) is 24.1. The number of carbonyl (C=O) groups excluding carboxylic acids is 1. The Balaban J connectivity index is 0.000000956. The van der Waals surface area contributed by atoms with Crippen molar-refractivity contribution in [3.63, 3.8) is 0 Å². The van der Waals surface area contributed by atoms with Crippen molar-refractivity contribution in [2.24, 2.45) is 13.0 Å². The molecule has 2 rings (SSSR count). The van der Waals surface area contributed by atoms with Crippen molar-refractivity contribution in [2.45, 2.75) is 33.6 Å². The number of anilines is 1. The van der Waals surface area contributed by atoms with Crippen LogP contribution in [0, 0.1) is 16.0 Å². The number of Topliss-reactive ketones (excluding diaryl/α,β-unsaturated/α-hetero) is 1. The molecule has 0 aliphatic carbocycles. The van der Waals surface area contributed by atoms with Gasteiger partial charge in [-0.2, -0.15) is 5.10 Å². The minimum atomic E-state index is -0.431. The zero-order valence-corrected chi connectivity index (χ0v) is 12.5. The normalized spacial score (nSPS) is 18.5. The highest BCUT2D eigenvalue weighted by molar-refractivity contribution is 5.83. The molecule has 112 valence electrons. The monoisotopic (exact) mass is 282 g/mol. The average molecular weight is 282 g/mol. The number of hydrogen-bond donors (Lipinski definition) is 0. The molecule has 0 radical (unpaired) electrons. The Hall–Kier alpha value is -1.92. The van der Waals surface area contributed by atoms with Gasteiger partial charge in [-0.25, -0.2) is 4.68 Å². The number of ketones is 1. The summed E-state index contributed by atoms with van der Waals surface area (Å²) in [6.07, 6.45) is 2.47. The van der Waals surface area contributed by atoms with E-state index < -0.39 is 4.92 Å². The van der Waals surface area contributed by atoms with Crippen LogP contribution in [0.15, 0.2) is 6.20 Å². The summed E-state index contributed by atoms with van der Waals surface area (Å²) in [6, 6.07) is 0. The van der Waals surface area contributed by atoms with Crippen LogP contribution in [0.25, 0.3) is 0 Å². The lowest BCUT2D eigenvalue weighted by molar-refractivity contribution is -0.384. The maximum atomic E-state index is 11.7. The van der Waals surface area contributed by atoms with Crippen LogP contribution in [0.5, 0.6) is 0 Å². The number of piperidine rings is 1. The van der Waals surface area contributed by atoms with E-state index >= 15 is 0 Å². The predicted molar refractivity (Wildman–Crippen MR) is 76.8 cm³/mol. The Kier molecular flexibility index (Phi) is 5.66. The van der Waals surface area contributed by atoms with Crippen LogP contribution in [0.1, 0.15) is 33.6 Å². The van der Waals surface area contributed by atoms with Gasteiger partial charge in [-0.3, -0.25) is 14.9 Å². The van der Waals surface area contributed by atoms with E-state index in [2.05, 4.69) is 5.10 Å². The lowest BCUT2D eigenvalue weighted by atomic mass is 9.94. The summed E-state index contributed by atoms with van der Waals surface area (Å²) < 4.78 is 1.50. The highest BCUT2D eigenvalue weighted by atomic mass is 16.6. The topological polar surface area (TPSA) is 81.3 Å². The SMILES string of the molecule is CC.CCC1CN(c2c([N+](=O)[O-])cnn2C)CCC1=O. The van der Waals surface area contributed by atoms with Crippen molar-refractivity contribution < 1.29 is 9.72 Å². The molecule has 1 aromatic rings. The van der Waals surface area contributed by atoms with E-state index in [0.29, 0.717) is 25.3 Å². The van der Waals surface area contributed by atoms with Crippen LogP contribution in [-0.4, -0.2) is 33.6 Å². The molecule has 20 heavy (non-hydrogen) atoms. The molecule has 1 aliphatic heterocycles. The first-order chi connectivity index (χ1) is 9.54. The second-order valence-electron chi connectivity index (χ2n) is 4.50. The molecule has 1 aromatic heterocycles. The Morgan fingerprint density at radius 1 is 1.50 bits per heavy atom. The molecule has 1 atom stereocenters. The molecule has 0 aromatic carbocycles. The van der Waals surface area contributed by atoms with Crippen LogP contribution in [0.2, 0.25) is 0 Å². The second kappa shape index (κ2) is 7.02. The maximum Gasteiger partial charge on any atom is 0.331 e. The number of carbonyl (C=O) groups is 1. The standard InChI is InChI=1S/C11H16N4O3.C2H6/c1-3-8-7-14(5-4-10(8)16)11-9(15(17)18)6-12-13(11)2;1-2/h6,8H,3-5,7H2,1-2H3;1-2H3. The first-order valence-electron chi connectivity index (χ1n) is 6.98. The Bertz CT molecular complexity index is 484. The molecule has 1 unspecified atom stereocenters. The fourth-order valence-corrected chi connectivity index (χ4v) is 2.37. The van der Waals surface area contributed by atoms with Crippen molar-refractivity contribution in [1.29, 1.82) is 0 Å². The molecule has 1 saturated heterocycles. The molecule has 0 bridgehead atoms. The van der Waals surface area contributed by atoms with E-state index in [4.69, 9.17) is 0 Å². The summed E-state index contributed by atoms with van der Waals surface area (Å²) in [5, 5.41) is 14.9. The predicted octanol–water partition coefficient (Wildman–Crippen LogP) is 2.16. The van der Waals surface area contributed by atoms with Crippen molar-refractivity contribution >= 4 is 17.3 Å². The van der Waals surface area contributed by atoms with Crippen molar-refractivity contribution in [2.75, 3.05) is 18.0 Å². The fraction of sp³-hybridized carbons (Fsp3) is 0.692. The van der Waals surface area contributed by atoms with Crippen molar-refractivity contribution in [3.05, 3.63) is 16.3 Å². The second-order valence-corrected chi connectivity index (χ2v) is 4.50. The smallest absolute Gasteiger partial charge is 0.331 e. The van der Waals surface area contributed by atoms with Gasteiger partial charge < -0.3 is 4.90 Å². The number of aromatic nitrogens is 2. The molecule has 0 N–H and O–H groups in total. The summed E-state index contributed by atoms with van der Waals surface area (Å²) >= 11 is 0. The highest BCUT2D eigenvalue weighted by Crippen LogP contribution is 2.30. The summed E-state index contributed by atoms with van der Waals surface area (Å²) in [5.41, 5.74) is 0.00158. The lowest BCUT2D eigenvalue weighted by Gasteiger charge is -2.32. The van der Waals surface area contributed by atoms with E-state index in [1.165, 1.54) is 10.9 Å². The van der Waals surface area contributed by atoms with E-state index in [1.807, 2.05) is 25.7 Å². The van der Waals surface area contributed by atoms with Gasteiger partial charge >= 0.3 is 5.69 Å². The van der Waals surface area contributed by atoms with Gasteiger partial charge in [0.25, 0.3) is 0 Å². The zero-order valence-electron chi connectivity index (χ0n) is 12.5. The van der Waals surface area contributed by atoms with Crippen LogP contribution >= 0.6 is 0 Å². The third kappa shape index (κ3) is 3.15. The maximum absolute atomic E-state index is 11.7. The molecule has 7 nitrogen and oxygen atoms in total. The van der Waals surface area contributed by atoms with Gasteiger partial charge in [-0.1, -0.05) is 20.8 Å². The third-order valence-electron chi connectivity index (χ3n) is 3.40. The van der Waals surface area contributed by atoms with Gasteiger partial charge in [-0.05, 0) is 6.42 Å². The fourth-order valence-electron chi connectivity index (χ4n) is 2.37. The molecular weight excluding hydrogens is 260 g/mol. The number of nitrogens with zero attached hydrogens (tertiary/aromatic N) is 4. The Morgan fingerprint density at radius 2 is 2.15 bits per heavy atom. The Morgan fingerprint density at radius 3 is 2.70 bits per heavy atom. The summed E-state index contributed by atoms with van der Waals surface area (Å²) in [5.74, 6) is 0.706. The van der Waals surface area contributed by atoms with Crippen LogP contribution < -0.4 is 4.90 Å². The van der Waals surface area contributed by atoms with Gasteiger partial charge in [0.1, 0.15) is 12.0 Å². The summed E-state index contributed by atoms with van der Waals surface area (Å²) in [6.45, 7) is 7.02. The van der Waals surface area contributed by atoms with Crippen molar-refractivity contribution in [3.8, 4) is 0 Å². The minimum Gasteiger partial charge on any atom is -0.350 e. The number of rotatable bonds is 3.